The summed E-state index contributed by atoms with van der Waals surface area (Å²) < 4.78 is 37.8. The molecule has 0 atom stereocenters. The molecule has 0 aromatic carbocycles. The monoisotopic (exact) mass is 134 g/mol. The summed E-state index contributed by atoms with van der Waals surface area (Å²) in [6.07, 6.45) is 0. The van der Waals surface area contributed by atoms with Crippen molar-refractivity contribution in [2.24, 2.45) is 0 Å². The first-order valence-corrected chi connectivity index (χ1v) is 2.69. The molecule has 6 nitrogen and oxygen atoms in total. The molecule has 0 aromatic rings. The zero-order valence-electron chi connectivity index (χ0n) is 3.11. The van der Waals surface area contributed by atoms with E-state index in [2.05, 4.69) is 0 Å². The highest BCUT2D eigenvalue weighted by atomic mass is 32.3. The normalized spacial score (nSPS) is 16.3. The Bertz CT molecular complexity index is 81.8. The van der Waals surface area contributed by atoms with Crippen molar-refractivity contribution >= 4 is 10.2 Å². The van der Waals surface area contributed by atoms with Crippen LogP contribution in [0.4, 0.5) is 0 Å². The van der Waals surface area contributed by atoms with Crippen molar-refractivity contribution < 1.29 is 27.9 Å². The van der Waals surface area contributed by atoms with Gasteiger partial charge in [-0.15, -0.1) is 0 Å². The highest BCUT2D eigenvalue weighted by Crippen LogP contribution is 1.98. The fourth-order valence-corrected chi connectivity index (χ4v) is 0. The van der Waals surface area contributed by atoms with E-state index in [0.29, 0.717) is 0 Å². The molecule has 0 aliphatic heterocycles. The van der Waals surface area contributed by atoms with Crippen molar-refractivity contribution in [2.45, 2.75) is 0 Å². The first-order chi connectivity index (χ1) is 2.24. The lowest BCUT2D eigenvalue weighted by Crippen LogP contribution is -2.27. The SMILES string of the molecule is O.O=S(O)(O)(O)O. The van der Waals surface area contributed by atoms with Crippen molar-refractivity contribution in [2.75, 3.05) is 0 Å². The Morgan fingerprint density at radius 3 is 1.00 bits per heavy atom. The lowest BCUT2D eigenvalue weighted by atomic mass is 15.7. The molecule has 0 heterocycles. The van der Waals surface area contributed by atoms with Gasteiger partial charge < -0.3 is 5.48 Å². The summed E-state index contributed by atoms with van der Waals surface area (Å²) >= 11 is 0. The van der Waals surface area contributed by atoms with Crippen LogP contribution in [-0.4, -0.2) is 27.9 Å². The van der Waals surface area contributed by atoms with Crippen LogP contribution in [0.5, 0.6) is 0 Å². The van der Waals surface area contributed by atoms with Gasteiger partial charge >= 0.3 is 10.2 Å². The van der Waals surface area contributed by atoms with E-state index >= 15 is 0 Å². The van der Waals surface area contributed by atoms with Crippen LogP contribution in [0.15, 0.2) is 0 Å². The summed E-state index contributed by atoms with van der Waals surface area (Å²) in [5, 5.41) is 0. The van der Waals surface area contributed by atoms with Gasteiger partial charge in [0, 0.05) is 0 Å². The van der Waals surface area contributed by atoms with Crippen LogP contribution in [0.2, 0.25) is 0 Å². The summed E-state index contributed by atoms with van der Waals surface area (Å²) in [4.78, 5) is 0. The second kappa shape index (κ2) is 1.47. The largest absolute Gasteiger partial charge is 0.412 e. The lowest BCUT2D eigenvalue weighted by molar-refractivity contribution is 0.195. The molecular formula is H6O6S. The van der Waals surface area contributed by atoms with Crippen LogP contribution in [0, 0.1) is 0 Å². The smallest absolute Gasteiger partial charge is 0.302 e. The minimum absolute atomic E-state index is 0. The van der Waals surface area contributed by atoms with Crippen LogP contribution >= 0.6 is 0 Å². The van der Waals surface area contributed by atoms with E-state index in [-0.39, 0.29) is 5.48 Å². The molecule has 0 spiro atoms. The van der Waals surface area contributed by atoms with Crippen LogP contribution in [0.3, 0.4) is 0 Å². The number of hydrogen-bond donors (Lipinski definition) is 4. The van der Waals surface area contributed by atoms with Gasteiger partial charge in [-0.1, -0.05) is 0 Å². The minimum Gasteiger partial charge on any atom is -0.412 e. The second-order valence-electron chi connectivity index (χ2n) is 0.788. The molecule has 0 saturated carbocycles. The lowest BCUT2D eigenvalue weighted by Gasteiger charge is -2.12. The van der Waals surface area contributed by atoms with E-state index in [4.69, 9.17) is 22.4 Å². The van der Waals surface area contributed by atoms with Crippen LogP contribution < -0.4 is 0 Å². The van der Waals surface area contributed by atoms with Crippen LogP contribution in [-0.2, 0) is 10.2 Å². The summed E-state index contributed by atoms with van der Waals surface area (Å²) in [5.41, 5.74) is 0. The predicted molar refractivity (Wildman–Crippen MR) is 22.3 cm³/mol. The molecule has 6 N–H and O–H groups in total. The average molecular weight is 134 g/mol. The first kappa shape index (κ1) is 10.0. The Labute approximate surface area is 39.2 Å². The first-order valence-electron chi connectivity index (χ1n) is 0.897. The predicted octanol–water partition coefficient (Wildman–Crippen LogP) is -1.13. The molecule has 0 amide bonds. The van der Waals surface area contributed by atoms with Gasteiger partial charge in [-0.25, -0.2) is 0 Å². The van der Waals surface area contributed by atoms with E-state index in [1.807, 2.05) is 0 Å². The van der Waals surface area contributed by atoms with Gasteiger partial charge in [-0.3, -0.25) is 18.2 Å². The average Bonchev–Trinajstić information content (AvgIpc) is 0.650. The van der Waals surface area contributed by atoms with E-state index < -0.39 is 10.2 Å². The molecule has 0 bridgehead atoms. The molecule has 0 fully saturated rings. The molecular weight excluding hydrogens is 128 g/mol. The minimum atomic E-state index is -6.10. The van der Waals surface area contributed by atoms with Crippen molar-refractivity contribution in [1.29, 1.82) is 0 Å². The standard InChI is InChI=1S/H4O5S.H2O/c1-6(2,3,4)5;/h(H4,1,2,3,4,5);1H2. The van der Waals surface area contributed by atoms with E-state index in [0.717, 1.165) is 0 Å². The Morgan fingerprint density at radius 2 is 1.00 bits per heavy atom. The number of hydrogen-bond acceptors (Lipinski definition) is 1. The maximum atomic E-state index is 9.01. The van der Waals surface area contributed by atoms with Crippen molar-refractivity contribution in [1.82, 2.24) is 0 Å². The molecule has 0 aromatic heterocycles. The van der Waals surface area contributed by atoms with Crippen molar-refractivity contribution in [3.63, 3.8) is 0 Å². The topological polar surface area (TPSA) is 129 Å². The fraction of sp³-hybridized carbons (Fsp3) is 0. The van der Waals surface area contributed by atoms with Crippen molar-refractivity contribution in [3.05, 3.63) is 0 Å². The fourth-order valence-electron chi connectivity index (χ4n) is 0. The summed E-state index contributed by atoms with van der Waals surface area (Å²) in [6, 6.07) is 0. The molecule has 7 heteroatoms. The van der Waals surface area contributed by atoms with Gasteiger partial charge in [0.15, 0.2) is 0 Å². The highest BCUT2D eigenvalue weighted by Gasteiger charge is 2.16. The molecule has 7 heavy (non-hydrogen) atoms. The zero-order chi connectivity index (χ0) is 5.45. The van der Waals surface area contributed by atoms with E-state index in [9.17, 15) is 0 Å². The van der Waals surface area contributed by atoms with Gasteiger partial charge in [0.1, 0.15) is 0 Å². The Hall–Kier alpha value is -0.0500. The van der Waals surface area contributed by atoms with Gasteiger partial charge in [0.05, 0.1) is 0 Å². The highest BCUT2D eigenvalue weighted by molar-refractivity contribution is 7.99. The van der Waals surface area contributed by atoms with Crippen LogP contribution in [0.25, 0.3) is 0 Å². The summed E-state index contributed by atoms with van der Waals surface area (Å²) in [6.45, 7) is 0. The summed E-state index contributed by atoms with van der Waals surface area (Å²) in [7, 11) is -6.10. The summed E-state index contributed by atoms with van der Waals surface area (Å²) in [5.74, 6) is 0. The Morgan fingerprint density at radius 1 is 1.00 bits per heavy atom. The van der Waals surface area contributed by atoms with Gasteiger partial charge in [-0.05, 0) is 0 Å². The van der Waals surface area contributed by atoms with Gasteiger partial charge in [0.2, 0.25) is 0 Å². The quantitative estimate of drug-likeness (QED) is 0.333. The second-order valence-corrected chi connectivity index (χ2v) is 2.36. The van der Waals surface area contributed by atoms with Crippen molar-refractivity contribution in [3.8, 4) is 0 Å². The molecule has 0 unspecified atom stereocenters. The third-order valence-electron chi connectivity index (χ3n) is 0. The van der Waals surface area contributed by atoms with E-state index in [1.54, 1.807) is 0 Å². The zero-order valence-corrected chi connectivity index (χ0v) is 3.92. The molecule has 0 radical (unpaired) electrons. The van der Waals surface area contributed by atoms with Gasteiger partial charge in [-0.2, -0.15) is 4.21 Å². The molecule has 0 saturated heterocycles. The third kappa shape index (κ3) is 37100. The number of rotatable bonds is 0. The molecule has 0 aliphatic carbocycles. The maximum absolute atomic E-state index is 9.01. The van der Waals surface area contributed by atoms with Gasteiger partial charge in [0.25, 0.3) is 0 Å². The Balaban J connectivity index is 0. The van der Waals surface area contributed by atoms with Crippen LogP contribution in [0.1, 0.15) is 0 Å². The Kier molecular flexibility index (Phi) is 2.11. The molecule has 48 valence electrons. The van der Waals surface area contributed by atoms with E-state index in [1.165, 1.54) is 0 Å². The third-order valence-corrected chi connectivity index (χ3v) is 0. The maximum Gasteiger partial charge on any atom is 0.302 e. The molecule has 0 aliphatic rings. The molecule has 0 rings (SSSR count).